The Morgan fingerprint density at radius 1 is 0.867 bits per heavy atom. The zero-order valence-electron chi connectivity index (χ0n) is 29.4. The fourth-order valence-corrected chi connectivity index (χ4v) is 13.2. The number of likely N-dealkylation sites (N-methyl/N-ethyl adjacent to an activating group) is 1. The molecular weight excluding hydrogens is 550 g/mol. The Labute approximate surface area is 275 Å². The minimum Gasteiger partial charge on any atom is -0.316 e. The highest BCUT2D eigenvalue weighted by atomic mass is 16.1. The molecule has 1 heterocycles. The van der Waals surface area contributed by atoms with E-state index in [2.05, 4.69) is 68.1 Å². The molecule has 0 aromatic heterocycles. The van der Waals surface area contributed by atoms with Crippen molar-refractivity contribution in [1.82, 2.24) is 15.1 Å². The van der Waals surface area contributed by atoms with Crippen molar-refractivity contribution < 1.29 is 4.79 Å². The van der Waals surface area contributed by atoms with E-state index in [4.69, 9.17) is 0 Å². The van der Waals surface area contributed by atoms with Crippen molar-refractivity contribution in [1.29, 1.82) is 0 Å². The van der Waals surface area contributed by atoms with Crippen molar-refractivity contribution in [2.45, 2.75) is 98.3 Å². The molecule has 248 valence electrons. The Morgan fingerprint density at radius 2 is 1.64 bits per heavy atom. The molecule has 1 saturated heterocycles. The minimum atomic E-state index is 0.391. The van der Waals surface area contributed by atoms with Gasteiger partial charge in [-0.15, -0.1) is 0 Å². The van der Waals surface area contributed by atoms with Gasteiger partial charge in [0.15, 0.2) is 0 Å². The Morgan fingerprint density at radius 3 is 2.40 bits per heavy atom. The van der Waals surface area contributed by atoms with E-state index in [-0.39, 0.29) is 0 Å². The molecule has 0 amide bonds. The molecule has 0 radical (unpaired) electrons. The molecule has 1 aromatic rings. The standard InChI is InChI=1S/C41H63N3O/c1-30-33(32-11-9-31(28-45)10-12-32)15-18-38(2)34(30)16-19-40(4)37(38)14-13-35-36-8-6-17-41(36,21-20-39(35,40)3)29-42-22-7-23-44-26-24-43(5)25-27-44/h9-12,15,28,30,34-37,42H,6-8,13-14,16-27,29H2,1-5H3/t30?,34?,35-,36?,37?,38+,39-,40-,41-/m1/s1. The molecule has 5 fully saturated rings. The number of carbonyl (C=O) groups is 1. The molecule has 1 N–H and O–H groups in total. The highest BCUT2D eigenvalue weighted by molar-refractivity contribution is 5.77. The van der Waals surface area contributed by atoms with Crippen LogP contribution in [0.4, 0.5) is 0 Å². The third kappa shape index (κ3) is 5.23. The first kappa shape index (κ1) is 32.1. The van der Waals surface area contributed by atoms with E-state index in [0.717, 1.165) is 35.5 Å². The average Bonchev–Trinajstić information content (AvgIpc) is 3.46. The molecule has 4 heteroatoms. The van der Waals surface area contributed by atoms with Crippen molar-refractivity contribution in [2.24, 2.45) is 51.2 Å². The first-order chi connectivity index (χ1) is 21.6. The summed E-state index contributed by atoms with van der Waals surface area (Å²) in [6, 6.07) is 8.37. The van der Waals surface area contributed by atoms with E-state index in [0.29, 0.717) is 27.6 Å². The van der Waals surface area contributed by atoms with Crippen LogP contribution in [0.1, 0.15) is 114 Å². The van der Waals surface area contributed by atoms with Crippen molar-refractivity contribution in [3.63, 3.8) is 0 Å². The smallest absolute Gasteiger partial charge is 0.150 e. The van der Waals surface area contributed by atoms with E-state index < -0.39 is 0 Å². The number of nitrogens with one attached hydrogen (secondary N) is 1. The Hall–Kier alpha value is -1.49. The fraction of sp³-hybridized carbons (Fsp3) is 0.780. The molecule has 7 rings (SSSR count). The van der Waals surface area contributed by atoms with Crippen LogP contribution in [0.25, 0.3) is 5.57 Å². The van der Waals surface area contributed by atoms with Crippen LogP contribution in [-0.4, -0.2) is 68.9 Å². The van der Waals surface area contributed by atoms with E-state index in [1.165, 1.54) is 128 Å². The highest BCUT2D eigenvalue weighted by Crippen LogP contribution is 2.76. The molecule has 6 aliphatic rings. The van der Waals surface area contributed by atoms with Gasteiger partial charge in [-0.3, -0.25) is 4.79 Å². The molecule has 0 spiro atoms. The number of allylic oxidation sites excluding steroid dienone is 2. The molecule has 4 nitrogen and oxygen atoms in total. The molecular formula is C41H63N3O. The molecule has 4 saturated carbocycles. The van der Waals surface area contributed by atoms with E-state index in [1.54, 1.807) is 0 Å². The molecule has 5 aliphatic carbocycles. The summed E-state index contributed by atoms with van der Waals surface area (Å²) in [6.07, 6.45) is 19.1. The van der Waals surface area contributed by atoms with Gasteiger partial charge in [0.25, 0.3) is 0 Å². The zero-order chi connectivity index (χ0) is 31.5. The van der Waals surface area contributed by atoms with Crippen LogP contribution in [0.2, 0.25) is 0 Å². The largest absolute Gasteiger partial charge is 0.316 e. The lowest BCUT2D eigenvalue weighted by Gasteiger charge is -2.71. The summed E-state index contributed by atoms with van der Waals surface area (Å²) >= 11 is 0. The molecule has 1 aliphatic heterocycles. The maximum atomic E-state index is 11.3. The van der Waals surface area contributed by atoms with Crippen molar-refractivity contribution in [2.75, 3.05) is 52.9 Å². The van der Waals surface area contributed by atoms with Gasteiger partial charge in [-0.1, -0.05) is 64.5 Å². The maximum Gasteiger partial charge on any atom is 0.150 e. The number of rotatable bonds is 8. The van der Waals surface area contributed by atoms with Gasteiger partial charge >= 0.3 is 0 Å². The summed E-state index contributed by atoms with van der Waals surface area (Å²) in [4.78, 5) is 16.4. The summed E-state index contributed by atoms with van der Waals surface area (Å²) in [5.74, 6) is 3.99. The molecule has 9 atom stereocenters. The van der Waals surface area contributed by atoms with Crippen molar-refractivity contribution in [3.8, 4) is 0 Å². The number of piperazine rings is 1. The van der Waals surface area contributed by atoms with Gasteiger partial charge in [0, 0.05) is 38.3 Å². The van der Waals surface area contributed by atoms with Gasteiger partial charge in [0.1, 0.15) is 6.29 Å². The number of fused-ring (bicyclic) bond motifs is 7. The van der Waals surface area contributed by atoms with E-state index in [1.807, 2.05) is 12.1 Å². The summed E-state index contributed by atoms with van der Waals surface area (Å²) in [7, 11) is 2.26. The molecule has 1 aromatic carbocycles. The predicted octanol–water partition coefficient (Wildman–Crippen LogP) is 8.18. The van der Waals surface area contributed by atoms with Gasteiger partial charge in [0.05, 0.1) is 0 Å². The van der Waals surface area contributed by atoms with Gasteiger partial charge < -0.3 is 15.1 Å². The summed E-state index contributed by atoms with van der Waals surface area (Å²) < 4.78 is 0. The zero-order valence-corrected chi connectivity index (χ0v) is 29.4. The Bertz CT molecular complexity index is 1250. The number of hydrogen-bond donors (Lipinski definition) is 1. The molecule has 4 unspecified atom stereocenters. The van der Waals surface area contributed by atoms with E-state index in [9.17, 15) is 4.79 Å². The fourth-order valence-electron chi connectivity index (χ4n) is 13.2. The topological polar surface area (TPSA) is 35.6 Å². The lowest BCUT2D eigenvalue weighted by Crippen LogP contribution is -2.64. The van der Waals surface area contributed by atoms with Crippen LogP contribution in [0, 0.1) is 51.2 Å². The lowest BCUT2D eigenvalue weighted by atomic mass is 9.33. The first-order valence-corrected chi connectivity index (χ1v) is 19.0. The predicted molar refractivity (Wildman–Crippen MR) is 187 cm³/mol. The van der Waals surface area contributed by atoms with Crippen LogP contribution in [0.3, 0.4) is 0 Å². The second-order valence-electron chi connectivity index (χ2n) is 17.7. The van der Waals surface area contributed by atoms with Crippen LogP contribution in [-0.2, 0) is 0 Å². The van der Waals surface area contributed by atoms with Crippen LogP contribution in [0.5, 0.6) is 0 Å². The normalized spacial score (nSPS) is 43.5. The lowest BCUT2D eigenvalue weighted by molar-refractivity contribution is -0.217. The highest BCUT2D eigenvalue weighted by Gasteiger charge is 2.68. The SMILES string of the molecule is CC1C(c2ccc(C=O)cc2)=CC[C@@]2(C)C1CC[C@]1(C)C2CC[C@@H]2C3CCC[C@]3(CNCCCN3CCN(C)CC3)CC[C@]21C. The average molecular weight is 614 g/mol. The van der Waals surface area contributed by atoms with Crippen molar-refractivity contribution in [3.05, 3.63) is 41.5 Å². The minimum absolute atomic E-state index is 0.391. The summed E-state index contributed by atoms with van der Waals surface area (Å²) in [6.45, 7) is 19.5. The summed E-state index contributed by atoms with van der Waals surface area (Å²) in [5.41, 5.74) is 5.51. The third-order valence-electron chi connectivity index (χ3n) is 16.0. The van der Waals surface area contributed by atoms with Gasteiger partial charge in [0.2, 0.25) is 0 Å². The van der Waals surface area contributed by atoms with Crippen molar-refractivity contribution >= 4 is 11.9 Å². The Kier molecular flexibility index (Phi) is 8.69. The number of hydrogen-bond acceptors (Lipinski definition) is 4. The third-order valence-corrected chi connectivity index (χ3v) is 16.0. The van der Waals surface area contributed by atoms with Crippen LogP contribution in [0.15, 0.2) is 30.3 Å². The molecule has 0 bridgehead atoms. The quantitative estimate of drug-likeness (QED) is 0.237. The Balaban J connectivity index is 1.04. The van der Waals surface area contributed by atoms with Gasteiger partial charge in [-0.05, 0) is 147 Å². The van der Waals surface area contributed by atoms with Gasteiger partial charge in [-0.25, -0.2) is 0 Å². The molecule has 45 heavy (non-hydrogen) atoms. The van der Waals surface area contributed by atoms with Crippen LogP contribution < -0.4 is 5.32 Å². The first-order valence-electron chi connectivity index (χ1n) is 19.0. The van der Waals surface area contributed by atoms with Crippen LogP contribution >= 0.6 is 0 Å². The number of carbonyl (C=O) groups excluding carboxylic acids is 1. The van der Waals surface area contributed by atoms with Gasteiger partial charge in [-0.2, -0.15) is 0 Å². The number of aldehydes is 1. The summed E-state index contributed by atoms with van der Waals surface area (Å²) in [5, 5.41) is 4.05. The second kappa shape index (κ2) is 12.2. The monoisotopic (exact) mass is 613 g/mol. The second-order valence-corrected chi connectivity index (χ2v) is 17.7. The number of nitrogens with zero attached hydrogens (tertiary/aromatic N) is 2. The maximum absolute atomic E-state index is 11.3. The number of benzene rings is 1. The van der Waals surface area contributed by atoms with E-state index >= 15 is 0 Å².